The Hall–Kier alpha value is -1.84. The highest BCUT2D eigenvalue weighted by atomic mass is 35.5. The van der Waals surface area contributed by atoms with Crippen LogP contribution in [0.3, 0.4) is 0 Å². The number of nitrogens with two attached hydrogens (primary N) is 1. The number of rotatable bonds is 4. The van der Waals surface area contributed by atoms with Gasteiger partial charge in [0.25, 0.3) is 5.91 Å². The first-order chi connectivity index (χ1) is 9.20. The molecule has 2 aromatic rings. The van der Waals surface area contributed by atoms with Crippen LogP contribution in [0, 0.1) is 0 Å². The molecule has 0 aromatic heterocycles. The first-order valence-corrected chi connectivity index (χ1v) is 6.43. The van der Waals surface area contributed by atoms with Gasteiger partial charge in [0, 0.05) is 5.56 Å². The van der Waals surface area contributed by atoms with E-state index in [2.05, 4.69) is 5.32 Å². The molecular formula is C15H15ClN2O. The monoisotopic (exact) mass is 274 g/mol. The van der Waals surface area contributed by atoms with Crippen LogP contribution in [0.15, 0.2) is 48.5 Å². The van der Waals surface area contributed by atoms with Gasteiger partial charge in [-0.05, 0) is 42.8 Å². The van der Waals surface area contributed by atoms with Crippen LogP contribution in [-0.2, 0) is 6.42 Å². The van der Waals surface area contributed by atoms with E-state index in [1.54, 1.807) is 24.3 Å². The van der Waals surface area contributed by atoms with Crippen molar-refractivity contribution < 1.29 is 4.79 Å². The predicted octanol–water partition coefficient (Wildman–Crippen LogP) is 3.09. The Kier molecular flexibility index (Phi) is 4.55. The van der Waals surface area contributed by atoms with Crippen molar-refractivity contribution in [2.75, 3.05) is 11.9 Å². The second-order valence-corrected chi connectivity index (χ2v) is 4.58. The van der Waals surface area contributed by atoms with E-state index in [-0.39, 0.29) is 5.91 Å². The zero-order valence-corrected chi connectivity index (χ0v) is 11.2. The summed E-state index contributed by atoms with van der Waals surface area (Å²) in [4.78, 5) is 12.0. The molecule has 98 valence electrons. The molecule has 3 N–H and O–H groups in total. The van der Waals surface area contributed by atoms with Crippen LogP contribution in [0.4, 0.5) is 5.69 Å². The molecule has 0 saturated heterocycles. The highest BCUT2D eigenvalue weighted by Crippen LogP contribution is 2.21. The van der Waals surface area contributed by atoms with Gasteiger partial charge in [0.15, 0.2) is 0 Å². The fraction of sp³-hybridized carbons (Fsp3) is 0.133. The fourth-order valence-electron chi connectivity index (χ4n) is 1.75. The molecule has 1 amide bonds. The van der Waals surface area contributed by atoms with E-state index in [0.717, 1.165) is 12.0 Å². The molecule has 0 fully saturated rings. The number of carbonyl (C=O) groups excluding carboxylic acids is 1. The molecule has 0 aliphatic rings. The number of hydrogen-bond acceptors (Lipinski definition) is 2. The fourth-order valence-corrected chi connectivity index (χ4v) is 1.93. The van der Waals surface area contributed by atoms with E-state index < -0.39 is 0 Å². The molecular weight excluding hydrogens is 260 g/mol. The van der Waals surface area contributed by atoms with Crippen molar-refractivity contribution in [2.45, 2.75) is 6.42 Å². The standard InChI is InChI=1S/C15H15ClN2O/c16-13-3-1-2-4-14(13)18-15(19)12-7-5-11(6-8-12)9-10-17/h1-8H,9-10,17H2,(H,18,19). The Morgan fingerprint density at radius 3 is 2.42 bits per heavy atom. The molecule has 4 heteroatoms. The summed E-state index contributed by atoms with van der Waals surface area (Å²) in [5.74, 6) is -0.174. The lowest BCUT2D eigenvalue weighted by atomic mass is 10.1. The molecule has 0 radical (unpaired) electrons. The first-order valence-electron chi connectivity index (χ1n) is 6.05. The number of amides is 1. The molecule has 0 aliphatic carbocycles. The Balaban J connectivity index is 2.10. The minimum Gasteiger partial charge on any atom is -0.330 e. The maximum Gasteiger partial charge on any atom is 0.255 e. The van der Waals surface area contributed by atoms with Gasteiger partial charge in [0.05, 0.1) is 10.7 Å². The van der Waals surface area contributed by atoms with Gasteiger partial charge >= 0.3 is 0 Å². The van der Waals surface area contributed by atoms with Crippen molar-refractivity contribution in [3.63, 3.8) is 0 Å². The summed E-state index contributed by atoms with van der Waals surface area (Å²) in [6.07, 6.45) is 0.812. The normalized spacial score (nSPS) is 10.2. The van der Waals surface area contributed by atoms with E-state index in [1.807, 2.05) is 24.3 Å². The zero-order chi connectivity index (χ0) is 13.7. The highest BCUT2D eigenvalue weighted by molar-refractivity contribution is 6.33. The quantitative estimate of drug-likeness (QED) is 0.900. The Morgan fingerprint density at radius 1 is 1.11 bits per heavy atom. The topological polar surface area (TPSA) is 55.1 Å². The van der Waals surface area contributed by atoms with Crippen LogP contribution in [-0.4, -0.2) is 12.5 Å². The summed E-state index contributed by atoms with van der Waals surface area (Å²) in [7, 11) is 0. The molecule has 2 rings (SSSR count). The predicted molar refractivity (Wildman–Crippen MR) is 78.6 cm³/mol. The number of benzene rings is 2. The minimum absolute atomic E-state index is 0.174. The van der Waals surface area contributed by atoms with Crippen molar-refractivity contribution in [3.8, 4) is 0 Å². The van der Waals surface area contributed by atoms with E-state index in [9.17, 15) is 4.79 Å². The van der Waals surface area contributed by atoms with Crippen LogP contribution in [0.25, 0.3) is 0 Å². The molecule has 0 unspecified atom stereocenters. The van der Waals surface area contributed by atoms with Crippen molar-refractivity contribution in [2.24, 2.45) is 5.73 Å². The number of para-hydroxylation sites is 1. The smallest absolute Gasteiger partial charge is 0.255 e. The first kappa shape index (κ1) is 13.6. The minimum atomic E-state index is -0.174. The second-order valence-electron chi connectivity index (χ2n) is 4.17. The van der Waals surface area contributed by atoms with Crippen LogP contribution in [0.5, 0.6) is 0 Å². The molecule has 0 heterocycles. The van der Waals surface area contributed by atoms with E-state index >= 15 is 0 Å². The summed E-state index contributed by atoms with van der Waals surface area (Å²) in [5, 5.41) is 3.31. The van der Waals surface area contributed by atoms with Gasteiger partial charge in [-0.3, -0.25) is 4.79 Å². The van der Waals surface area contributed by atoms with Gasteiger partial charge in [0.1, 0.15) is 0 Å². The third-order valence-electron chi connectivity index (χ3n) is 2.77. The average Bonchev–Trinajstić information content (AvgIpc) is 2.42. The van der Waals surface area contributed by atoms with Crippen molar-refractivity contribution in [1.82, 2.24) is 0 Å². The van der Waals surface area contributed by atoms with Gasteiger partial charge in [-0.1, -0.05) is 35.9 Å². The average molecular weight is 275 g/mol. The molecule has 0 atom stereocenters. The lowest BCUT2D eigenvalue weighted by Crippen LogP contribution is -2.12. The lowest BCUT2D eigenvalue weighted by Gasteiger charge is -2.07. The van der Waals surface area contributed by atoms with E-state index in [1.165, 1.54) is 0 Å². The van der Waals surface area contributed by atoms with Crippen molar-refractivity contribution in [1.29, 1.82) is 0 Å². The summed E-state index contributed by atoms with van der Waals surface area (Å²) < 4.78 is 0. The Labute approximate surface area is 117 Å². The molecule has 2 aromatic carbocycles. The number of anilines is 1. The van der Waals surface area contributed by atoms with Gasteiger partial charge < -0.3 is 11.1 Å². The molecule has 0 spiro atoms. The van der Waals surface area contributed by atoms with E-state index in [4.69, 9.17) is 17.3 Å². The number of hydrogen-bond donors (Lipinski definition) is 2. The van der Waals surface area contributed by atoms with E-state index in [0.29, 0.717) is 22.8 Å². The molecule has 19 heavy (non-hydrogen) atoms. The summed E-state index contributed by atoms with van der Waals surface area (Å²) in [5.41, 5.74) is 7.81. The summed E-state index contributed by atoms with van der Waals surface area (Å²) in [6, 6.07) is 14.5. The van der Waals surface area contributed by atoms with Crippen molar-refractivity contribution >= 4 is 23.2 Å². The Morgan fingerprint density at radius 2 is 1.79 bits per heavy atom. The van der Waals surface area contributed by atoms with Crippen LogP contribution < -0.4 is 11.1 Å². The largest absolute Gasteiger partial charge is 0.330 e. The maximum atomic E-state index is 12.0. The number of halogens is 1. The third-order valence-corrected chi connectivity index (χ3v) is 3.10. The van der Waals surface area contributed by atoms with Crippen LogP contribution in [0.2, 0.25) is 5.02 Å². The lowest BCUT2D eigenvalue weighted by molar-refractivity contribution is 0.102. The van der Waals surface area contributed by atoms with Gasteiger partial charge in [-0.15, -0.1) is 0 Å². The summed E-state index contributed by atoms with van der Waals surface area (Å²) >= 11 is 5.99. The van der Waals surface area contributed by atoms with Gasteiger partial charge in [-0.25, -0.2) is 0 Å². The Bertz CT molecular complexity index is 567. The number of nitrogens with one attached hydrogen (secondary N) is 1. The van der Waals surface area contributed by atoms with Gasteiger partial charge in [-0.2, -0.15) is 0 Å². The SMILES string of the molecule is NCCc1ccc(C(=O)Nc2ccccc2Cl)cc1. The van der Waals surface area contributed by atoms with Gasteiger partial charge in [0.2, 0.25) is 0 Å². The molecule has 0 aliphatic heterocycles. The number of carbonyl (C=O) groups is 1. The highest BCUT2D eigenvalue weighted by Gasteiger charge is 2.07. The molecule has 0 saturated carbocycles. The van der Waals surface area contributed by atoms with Crippen molar-refractivity contribution in [3.05, 3.63) is 64.7 Å². The third kappa shape index (κ3) is 3.56. The second kappa shape index (κ2) is 6.36. The maximum absolute atomic E-state index is 12.0. The zero-order valence-electron chi connectivity index (χ0n) is 10.4. The molecule has 0 bridgehead atoms. The molecule has 3 nitrogen and oxygen atoms in total. The van der Waals surface area contributed by atoms with Crippen LogP contribution in [0.1, 0.15) is 15.9 Å². The summed E-state index contributed by atoms with van der Waals surface area (Å²) in [6.45, 7) is 0.602. The van der Waals surface area contributed by atoms with Crippen LogP contribution >= 0.6 is 11.6 Å².